The van der Waals surface area contributed by atoms with Crippen LogP contribution in [0.4, 0.5) is 5.69 Å². The maximum absolute atomic E-state index is 12.9. The van der Waals surface area contributed by atoms with Crippen LogP contribution in [-0.2, 0) is 15.0 Å². The number of nitrogens with one attached hydrogen (secondary N) is 1. The molecular formula is C17H19N3O2. The molecule has 1 fully saturated rings. The number of para-hydroxylation sites is 1. The lowest BCUT2D eigenvalue weighted by molar-refractivity contribution is -0.121. The van der Waals surface area contributed by atoms with Crippen LogP contribution < -0.4 is 10.3 Å². The molecule has 4 rings (SSSR count). The standard InChI is InChI=1S/C17H19N3O2/c21-15-8-7-13(18-19-15)16(22)20-11-17(9-3-4-10-17)12-5-1-2-6-14(12)20/h1-2,5-6H,3-4,7-11H2,(H,19,21). The van der Waals surface area contributed by atoms with Gasteiger partial charge >= 0.3 is 0 Å². The number of nitrogens with zero attached hydrogens (tertiary/aromatic N) is 2. The van der Waals surface area contributed by atoms with Crippen molar-refractivity contribution in [2.75, 3.05) is 11.4 Å². The molecule has 2 heterocycles. The second-order valence-electron chi connectivity index (χ2n) is 6.49. The number of rotatable bonds is 1. The topological polar surface area (TPSA) is 61.8 Å². The van der Waals surface area contributed by atoms with Gasteiger partial charge < -0.3 is 4.90 Å². The van der Waals surface area contributed by atoms with Gasteiger partial charge in [-0.1, -0.05) is 31.0 Å². The molecule has 22 heavy (non-hydrogen) atoms. The Balaban J connectivity index is 1.69. The third-order valence-electron chi connectivity index (χ3n) is 5.18. The molecule has 5 nitrogen and oxygen atoms in total. The van der Waals surface area contributed by atoms with Gasteiger partial charge in [0.2, 0.25) is 5.91 Å². The monoisotopic (exact) mass is 297 g/mol. The molecule has 1 aromatic rings. The number of hydrogen-bond acceptors (Lipinski definition) is 3. The highest BCUT2D eigenvalue weighted by atomic mass is 16.2. The Morgan fingerprint density at radius 1 is 1.18 bits per heavy atom. The van der Waals surface area contributed by atoms with Gasteiger partial charge in [0, 0.05) is 30.5 Å². The van der Waals surface area contributed by atoms with E-state index in [1.807, 2.05) is 17.0 Å². The zero-order valence-electron chi connectivity index (χ0n) is 12.5. The highest BCUT2D eigenvalue weighted by molar-refractivity contribution is 6.44. The van der Waals surface area contributed by atoms with Crippen molar-refractivity contribution in [3.63, 3.8) is 0 Å². The van der Waals surface area contributed by atoms with Crippen molar-refractivity contribution >= 4 is 23.2 Å². The Morgan fingerprint density at radius 2 is 1.95 bits per heavy atom. The summed E-state index contributed by atoms with van der Waals surface area (Å²) in [4.78, 5) is 25.9. The number of carbonyl (C=O) groups excluding carboxylic acids is 2. The molecule has 0 unspecified atom stereocenters. The van der Waals surface area contributed by atoms with Gasteiger partial charge in [-0.3, -0.25) is 9.59 Å². The number of benzene rings is 1. The summed E-state index contributed by atoms with van der Waals surface area (Å²) in [5.74, 6) is -0.179. The van der Waals surface area contributed by atoms with E-state index in [-0.39, 0.29) is 17.2 Å². The van der Waals surface area contributed by atoms with Gasteiger partial charge in [-0.25, -0.2) is 5.43 Å². The summed E-state index contributed by atoms with van der Waals surface area (Å²) in [7, 11) is 0. The van der Waals surface area contributed by atoms with Crippen molar-refractivity contribution in [2.24, 2.45) is 5.10 Å². The lowest BCUT2D eigenvalue weighted by Gasteiger charge is -2.25. The molecule has 1 spiro atoms. The van der Waals surface area contributed by atoms with E-state index in [0.29, 0.717) is 18.6 Å². The predicted octanol–water partition coefficient (Wildman–Crippen LogP) is 2.11. The molecular weight excluding hydrogens is 278 g/mol. The van der Waals surface area contributed by atoms with E-state index < -0.39 is 0 Å². The van der Waals surface area contributed by atoms with Gasteiger partial charge in [0.05, 0.1) is 0 Å². The van der Waals surface area contributed by atoms with Gasteiger partial charge in [0.25, 0.3) is 5.91 Å². The first-order chi connectivity index (χ1) is 10.7. The van der Waals surface area contributed by atoms with E-state index in [2.05, 4.69) is 22.7 Å². The fraction of sp³-hybridized carbons (Fsp3) is 0.471. The van der Waals surface area contributed by atoms with Gasteiger partial charge in [-0.15, -0.1) is 0 Å². The van der Waals surface area contributed by atoms with E-state index in [1.165, 1.54) is 18.4 Å². The molecule has 0 saturated heterocycles. The van der Waals surface area contributed by atoms with E-state index in [1.54, 1.807) is 0 Å². The lowest BCUT2D eigenvalue weighted by Crippen LogP contribution is -2.42. The van der Waals surface area contributed by atoms with Crippen molar-refractivity contribution in [1.29, 1.82) is 0 Å². The average molecular weight is 297 g/mol. The summed E-state index contributed by atoms with van der Waals surface area (Å²) in [6, 6.07) is 8.24. The van der Waals surface area contributed by atoms with Crippen LogP contribution >= 0.6 is 0 Å². The number of amides is 2. The van der Waals surface area contributed by atoms with Crippen LogP contribution in [0, 0.1) is 0 Å². The number of anilines is 1. The summed E-state index contributed by atoms with van der Waals surface area (Å²) >= 11 is 0. The molecule has 5 heteroatoms. The van der Waals surface area contributed by atoms with Crippen LogP contribution in [0.3, 0.4) is 0 Å². The molecule has 1 aromatic carbocycles. The molecule has 0 aromatic heterocycles. The summed E-state index contributed by atoms with van der Waals surface area (Å²) < 4.78 is 0. The van der Waals surface area contributed by atoms with Crippen molar-refractivity contribution in [2.45, 2.75) is 43.9 Å². The van der Waals surface area contributed by atoms with Crippen LogP contribution in [0.5, 0.6) is 0 Å². The Morgan fingerprint density at radius 3 is 2.68 bits per heavy atom. The predicted molar refractivity (Wildman–Crippen MR) is 83.8 cm³/mol. The quantitative estimate of drug-likeness (QED) is 0.863. The number of hydrogen-bond donors (Lipinski definition) is 1. The highest BCUT2D eigenvalue weighted by Crippen LogP contribution is 2.50. The first kappa shape index (κ1) is 13.5. The Kier molecular flexibility index (Phi) is 3.03. The lowest BCUT2D eigenvalue weighted by atomic mass is 9.81. The third-order valence-corrected chi connectivity index (χ3v) is 5.18. The van der Waals surface area contributed by atoms with Crippen LogP contribution in [-0.4, -0.2) is 24.1 Å². The largest absolute Gasteiger partial charge is 0.306 e. The second-order valence-corrected chi connectivity index (χ2v) is 6.49. The summed E-state index contributed by atoms with van der Waals surface area (Å²) in [6.07, 6.45) is 5.52. The highest BCUT2D eigenvalue weighted by Gasteiger charge is 2.46. The van der Waals surface area contributed by atoms with Crippen LogP contribution in [0.15, 0.2) is 29.4 Å². The fourth-order valence-corrected chi connectivity index (χ4v) is 4.08. The Bertz CT molecular complexity index is 674. The zero-order valence-corrected chi connectivity index (χ0v) is 12.5. The van der Waals surface area contributed by atoms with Gasteiger partial charge in [-0.05, 0) is 24.5 Å². The molecule has 3 aliphatic rings. The van der Waals surface area contributed by atoms with Gasteiger partial charge in [0.15, 0.2) is 0 Å². The first-order valence-corrected chi connectivity index (χ1v) is 7.96. The molecule has 1 N–H and O–H groups in total. The van der Waals surface area contributed by atoms with Crippen molar-refractivity contribution in [3.8, 4) is 0 Å². The minimum atomic E-state index is -0.120. The molecule has 1 saturated carbocycles. The maximum Gasteiger partial charge on any atom is 0.274 e. The van der Waals surface area contributed by atoms with Crippen LogP contribution in [0.25, 0.3) is 0 Å². The minimum Gasteiger partial charge on any atom is -0.306 e. The van der Waals surface area contributed by atoms with Gasteiger partial charge in [0.1, 0.15) is 5.71 Å². The van der Waals surface area contributed by atoms with E-state index in [4.69, 9.17) is 0 Å². The molecule has 1 aliphatic carbocycles. The molecule has 0 radical (unpaired) electrons. The summed E-state index contributed by atoms with van der Waals surface area (Å²) in [5, 5.41) is 3.97. The average Bonchev–Trinajstić information content (AvgIpc) is 3.15. The SMILES string of the molecule is O=C1CCC(C(=O)N2CC3(CCCC3)c3ccccc32)=NN1. The number of carbonyl (C=O) groups is 2. The number of fused-ring (bicyclic) bond motifs is 2. The Hall–Kier alpha value is -2.17. The van der Waals surface area contributed by atoms with Crippen molar-refractivity contribution in [3.05, 3.63) is 29.8 Å². The molecule has 2 amide bonds. The fourth-order valence-electron chi connectivity index (χ4n) is 4.08. The minimum absolute atomic E-state index is 0.0591. The summed E-state index contributed by atoms with van der Waals surface area (Å²) in [6.45, 7) is 0.748. The number of hydrazone groups is 1. The smallest absolute Gasteiger partial charge is 0.274 e. The van der Waals surface area contributed by atoms with Gasteiger partial charge in [-0.2, -0.15) is 5.10 Å². The second kappa shape index (κ2) is 4.93. The molecule has 2 aliphatic heterocycles. The zero-order chi connectivity index (χ0) is 15.2. The van der Waals surface area contributed by atoms with Crippen LogP contribution in [0.2, 0.25) is 0 Å². The van der Waals surface area contributed by atoms with Crippen molar-refractivity contribution in [1.82, 2.24) is 5.43 Å². The summed E-state index contributed by atoms with van der Waals surface area (Å²) in [5.41, 5.74) is 5.34. The van der Waals surface area contributed by atoms with E-state index in [9.17, 15) is 9.59 Å². The van der Waals surface area contributed by atoms with Crippen molar-refractivity contribution < 1.29 is 9.59 Å². The normalized spacial score (nSPS) is 22.5. The van der Waals surface area contributed by atoms with E-state index >= 15 is 0 Å². The van der Waals surface area contributed by atoms with Crippen LogP contribution in [0.1, 0.15) is 44.1 Å². The maximum atomic E-state index is 12.9. The third kappa shape index (κ3) is 1.95. The molecule has 0 atom stereocenters. The van der Waals surface area contributed by atoms with E-state index in [0.717, 1.165) is 25.1 Å². The Labute approximate surface area is 129 Å². The molecule has 114 valence electrons. The first-order valence-electron chi connectivity index (χ1n) is 7.96. The molecule has 0 bridgehead atoms.